The summed E-state index contributed by atoms with van der Waals surface area (Å²) in [5.41, 5.74) is 5.38. The Balaban J connectivity index is 2.22. The van der Waals surface area contributed by atoms with Gasteiger partial charge in [0.2, 0.25) is 9.47 Å². The summed E-state index contributed by atoms with van der Waals surface area (Å²) in [6.45, 7) is 1.88. The van der Waals surface area contributed by atoms with Crippen molar-refractivity contribution in [3.8, 4) is 0 Å². The predicted molar refractivity (Wildman–Crippen MR) is 69.8 cm³/mol. The van der Waals surface area contributed by atoms with Gasteiger partial charge in [-0.05, 0) is 6.42 Å². The zero-order chi connectivity index (χ0) is 13.2. The van der Waals surface area contributed by atoms with E-state index in [4.69, 9.17) is 5.73 Å². The molecule has 2 aromatic heterocycles. The third kappa shape index (κ3) is 2.83. The lowest BCUT2D eigenvalue weighted by atomic mass is 10.3. The lowest BCUT2D eigenvalue weighted by Crippen LogP contribution is -2.28. The molecule has 0 spiro atoms. The first-order valence-electron chi connectivity index (χ1n) is 5.03. The van der Waals surface area contributed by atoms with Crippen molar-refractivity contribution < 1.29 is 8.42 Å². The van der Waals surface area contributed by atoms with Crippen LogP contribution < -0.4 is 10.5 Å². The number of anilines is 1. The first kappa shape index (κ1) is 13.3. The third-order valence-corrected chi connectivity index (χ3v) is 5.59. The highest BCUT2D eigenvalue weighted by molar-refractivity contribution is 7.91. The summed E-state index contributed by atoms with van der Waals surface area (Å²) < 4.78 is 26.5. The summed E-state index contributed by atoms with van der Waals surface area (Å²) in [6.07, 6.45) is 2.24. The maximum Gasteiger partial charge on any atom is 0.270 e. The fourth-order valence-electron chi connectivity index (χ4n) is 1.28. The van der Waals surface area contributed by atoms with Crippen LogP contribution in [0, 0.1) is 0 Å². The first-order chi connectivity index (χ1) is 8.53. The highest BCUT2D eigenvalue weighted by Gasteiger charge is 2.25. The fraction of sp³-hybridized carbons (Fsp3) is 0.375. The van der Waals surface area contributed by atoms with E-state index in [9.17, 15) is 8.42 Å². The van der Waals surface area contributed by atoms with Gasteiger partial charge in [0, 0.05) is 11.6 Å². The van der Waals surface area contributed by atoms with Crippen molar-refractivity contribution in [2.24, 2.45) is 0 Å². The van der Waals surface area contributed by atoms with Gasteiger partial charge in [-0.1, -0.05) is 18.3 Å². The van der Waals surface area contributed by atoms with E-state index in [1.54, 1.807) is 11.6 Å². The third-order valence-electron chi connectivity index (χ3n) is 2.11. The molecular weight excluding hydrogens is 294 g/mol. The largest absolute Gasteiger partial charge is 0.374 e. The molecule has 1 unspecified atom stereocenters. The van der Waals surface area contributed by atoms with Crippen LogP contribution in [-0.4, -0.2) is 23.6 Å². The second-order valence-electron chi connectivity index (χ2n) is 3.36. The number of nitrogens with zero attached hydrogens (tertiary/aromatic N) is 3. The Morgan fingerprint density at radius 1 is 1.50 bits per heavy atom. The van der Waals surface area contributed by atoms with Gasteiger partial charge in [-0.3, -0.25) is 0 Å². The minimum atomic E-state index is -3.70. The van der Waals surface area contributed by atoms with Gasteiger partial charge in [-0.2, -0.15) is 4.72 Å². The van der Waals surface area contributed by atoms with Gasteiger partial charge in [-0.25, -0.2) is 13.4 Å². The second-order valence-corrected chi connectivity index (χ2v) is 7.18. The van der Waals surface area contributed by atoms with Crippen molar-refractivity contribution in [1.29, 1.82) is 0 Å². The first-order valence-corrected chi connectivity index (χ1v) is 8.21. The van der Waals surface area contributed by atoms with Crippen LogP contribution in [0.25, 0.3) is 0 Å². The van der Waals surface area contributed by atoms with E-state index in [-0.39, 0.29) is 15.5 Å². The lowest BCUT2D eigenvalue weighted by molar-refractivity contribution is 0.547. The number of thiazole rings is 1. The fourth-order valence-corrected chi connectivity index (χ4v) is 4.21. The molecule has 0 radical (unpaired) electrons. The quantitative estimate of drug-likeness (QED) is 0.852. The van der Waals surface area contributed by atoms with E-state index in [1.807, 2.05) is 6.92 Å². The number of nitrogens with two attached hydrogens (primary N) is 1. The Bertz CT molecular complexity index is 606. The van der Waals surface area contributed by atoms with Gasteiger partial charge >= 0.3 is 0 Å². The SMILES string of the molecule is CCC(NS(=O)(=O)c1nnc(N)s1)c1nccs1. The summed E-state index contributed by atoms with van der Waals surface area (Å²) in [5, 5.41) is 9.67. The smallest absolute Gasteiger partial charge is 0.270 e. The van der Waals surface area contributed by atoms with E-state index < -0.39 is 10.0 Å². The number of nitrogens with one attached hydrogen (secondary N) is 1. The molecule has 2 aromatic rings. The van der Waals surface area contributed by atoms with Gasteiger partial charge in [0.15, 0.2) is 0 Å². The molecule has 2 heterocycles. The molecule has 0 aliphatic rings. The van der Waals surface area contributed by atoms with E-state index in [2.05, 4.69) is 19.9 Å². The highest BCUT2D eigenvalue weighted by Crippen LogP contribution is 2.23. The average molecular weight is 305 g/mol. The number of hydrogen-bond donors (Lipinski definition) is 2. The number of aromatic nitrogens is 3. The number of rotatable bonds is 5. The van der Waals surface area contributed by atoms with Crippen molar-refractivity contribution in [3.05, 3.63) is 16.6 Å². The van der Waals surface area contributed by atoms with Crippen molar-refractivity contribution in [2.45, 2.75) is 23.7 Å². The van der Waals surface area contributed by atoms with Crippen molar-refractivity contribution in [2.75, 3.05) is 5.73 Å². The zero-order valence-corrected chi connectivity index (χ0v) is 11.8. The summed E-state index contributed by atoms with van der Waals surface area (Å²) in [4.78, 5) is 4.10. The van der Waals surface area contributed by atoms with E-state index in [0.717, 1.165) is 16.3 Å². The van der Waals surface area contributed by atoms with Crippen molar-refractivity contribution in [1.82, 2.24) is 19.9 Å². The predicted octanol–water partition coefficient (Wildman–Crippen LogP) is 1.01. The number of sulfonamides is 1. The molecule has 2 rings (SSSR count). The molecule has 98 valence electrons. The molecule has 18 heavy (non-hydrogen) atoms. The summed E-state index contributed by atoms with van der Waals surface area (Å²) in [6, 6.07) is -0.361. The van der Waals surface area contributed by atoms with Crippen molar-refractivity contribution >= 4 is 37.8 Å². The molecule has 0 amide bonds. The Hall–Kier alpha value is -1.10. The summed E-state index contributed by atoms with van der Waals surface area (Å²) >= 11 is 2.23. The molecule has 0 aliphatic heterocycles. The van der Waals surface area contributed by atoms with Crippen LogP contribution in [0.1, 0.15) is 24.4 Å². The molecule has 1 atom stereocenters. The molecule has 10 heteroatoms. The molecule has 7 nitrogen and oxygen atoms in total. The normalized spacial score (nSPS) is 13.6. The topological polar surface area (TPSA) is 111 Å². The highest BCUT2D eigenvalue weighted by atomic mass is 32.2. The second kappa shape index (κ2) is 5.26. The molecule has 0 aromatic carbocycles. The molecule has 0 saturated heterocycles. The minimum Gasteiger partial charge on any atom is -0.374 e. The zero-order valence-electron chi connectivity index (χ0n) is 9.40. The van der Waals surface area contributed by atoms with Crippen LogP contribution in [0.2, 0.25) is 0 Å². The maximum atomic E-state index is 12.0. The lowest BCUT2D eigenvalue weighted by Gasteiger charge is -2.12. The monoisotopic (exact) mass is 305 g/mol. The van der Waals surface area contributed by atoms with Gasteiger partial charge in [0.1, 0.15) is 5.01 Å². The van der Waals surface area contributed by atoms with Gasteiger partial charge < -0.3 is 5.73 Å². The Morgan fingerprint density at radius 2 is 2.28 bits per heavy atom. The van der Waals surface area contributed by atoms with Crippen LogP contribution >= 0.6 is 22.7 Å². The molecular formula is C8H11N5O2S3. The van der Waals surface area contributed by atoms with Crippen LogP contribution in [0.15, 0.2) is 15.9 Å². The number of nitrogen functional groups attached to an aromatic ring is 1. The van der Waals surface area contributed by atoms with Crippen LogP contribution in [0.5, 0.6) is 0 Å². The Morgan fingerprint density at radius 3 is 2.78 bits per heavy atom. The minimum absolute atomic E-state index is 0.123. The van der Waals surface area contributed by atoms with Crippen LogP contribution in [0.3, 0.4) is 0 Å². The van der Waals surface area contributed by atoms with Crippen molar-refractivity contribution in [3.63, 3.8) is 0 Å². The molecule has 0 saturated carbocycles. The molecule has 0 fully saturated rings. The van der Waals surface area contributed by atoms with Crippen LogP contribution in [-0.2, 0) is 10.0 Å². The Labute approximate surface area is 112 Å². The van der Waals surface area contributed by atoms with Crippen LogP contribution in [0.4, 0.5) is 5.13 Å². The number of hydrogen-bond acceptors (Lipinski definition) is 8. The van der Waals surface area contributed by atoms with E-state index in [1.165, 1.54) is 11.3 Å². The molecule has 3 N–H and O–H groups in total. The summed E-state index contributed by atoms with van der Waals surface area (Å²) in [5.74, 6) is 0. The van der Waals surface area contributed by atoms with Gasteiger partial charge in [0.05, 0.1) is 6.04 Å². The molecule has 0 bridgehead atoms. The van der Waals surface area contributed by atoms with E-state index >= 15 is 0 Å². The van der Waals surface area contributed by atoms with Gasteiger partial charge in [-0.15, -0.1) is 21.5 Å². The van der Waals surface area contributed by atoms with Gasteiger partial charge in [0.25, 0.3) is 10.0 Å². The molecule has 0 aliphatic carbocycles. The maximum absolute atomic E-state index is 12.0. The van der Waals surface area contributed by atoms with E-state index in [0.29, 0.717) is 6.42 Å². The standard InChI is InChI=1S/C8H11N5O2S3/c1-2-5(6-10-3-4-16-6)13-18(14,15)8-12-11-7(9)17-8/h3-5,13H,2H2,1H3,(H2,9,11). The average Bonchev–Trinajstić information content (AvgIpc) is 2.96. The Kier molecular flexibility index (Phi) is 3.90. The summed E-state index contributed by atoms with van der Waals surface area (Å²) in [7, 11) is -3.70.